The Morgan fingerprint density at radius 1 is 1.18 bits per heavy atom. The van der Waals surface area contributed by atoms with Crippen molar-refractivity contribution < 1.29 is 14.1 Å². The molecule has 1 aromatic heterocycles. The predicted molar refractivity (Wildman–Crippen MR) is 82.8 cm³/mol. The van der Waals surface area contributed by atoms with Crippen molar-refractivity contribution in [3.05, 3.63) is 69.3 Å². The average Bonchev–Trinajstić information content (AvgIpc) is 2.92. The van der Waals surface area contributed by atoms with E-state index in [-0.39, 0.29) is 11.4 Å². The molecule has 1 N–H and O–H groups in total. The Bertz CT molecular complexity index is 891. The number of non-ortho nitro benzene ring substituents is 1. The molecule has 5 nitrogen and oxygen atoms in total. The number of thiophene rings is 1. The second-order valence-corrected chi connectivity index (χ2v) is 5.61. The molecule has 0 saturated carbocycles. The molecule has 1 amide bonds. The Morgan fingerprint density at radius 3 is 2.68 bits per heavy atom. The van der Waals surface area contributed by atoms with Gasteiger partial charge in [0.2, 0.25) is 0 Å². The molecule has 0 aliphatic carbocycles. The van der Waals surface area contributed by atoms with E-state index in [2.05, 4.69) is 5.32 Å². The van der Waals surface area contributed by atoms with Gasteiger partial charge in [-0.15, -0.1) is 11.3 Å². The number of carbonyl (C=O) groups is 1. The number of nitrogens with zero attached hydrogens (tertiary/aromatic N) is 1. The van der Waals surface area contributed by atoms with Crippen LogP contribution in [0.2, 0.25) is 0 Å². The smallest absolute Gasteiger partial charge is 0.270 e. The first-order chi connectivity index (χ1) is 10.5. The maximum atomic E-state index is 13.5. The van der Waals surface area contributed by atoms with Gasteiger partial charge < -0.3 is 5.32 Å². The molecule has 1 heterocycles. The maximum Gasteiger partial charge on any atom is 0.270 e. The zero-order chi connectivity index (χ0) is 15.7. The number of para-hydroxylation sites is 1. The standard InChI is InChI=1S/C15H9FN2O3S/c16-11-3-1-2-4-12(11)17-15(19)14-8-9-7-10(18(20)21)5-6-13(9)22-14/h1-8H,(H,17,19). The van der Waals surface area contributed by atoms with Crippen molar-refractivity contribution in [3.63, 3.8) is 0 Å². The highest BCUT2D eigenvalue weighted by Gasteiger charge is 2.14. The van der Waals surface area contributed by atoms with Crippen molar-refractivity contribution >= 4 is 38.7 Å². The van der Waals surface area contributed by atoms with Crippen LogP contribution >= 0.6 is 11.3 Å². The van der Waals surface area contributed by atoms with Gasteiger partial charge >= 0.3 is 0 Å². The molecule has 0 radical (unpaired) electrons. The third-order valence-electron chi connectivity index (χ3n) is 3.06. The lowest BCUT2D eigenvalue weighted by Gasteiger charge is -2.03. The van der Waals surface area contributed by atoms with Crippen LogP contribution in [0, 0.1) is 15.9 Å². The summed E-state index contributed by atoms with van der Waals surface area (Å²) in [5, 5.41) is 13.8. The molecular weight excluding hydrogens is 307 g/mol. The molecule has 0 bridgehead atoms. The Hall–Kier alpha value is -2.80. The molecule has 22 heavy (non-hydrogen) atoms. The van der Waals surface area contributed by atoms with E-state index in [4.69, 9.17) is 0 Å². The molecule has 0 unspecified atom stereocenters. The van der Waals surface area contributed by atoms with Crippen molar-refractivity contribution in [2.24, 2.45) is 0 Å². The van der Waals surface area contributed by atoms with Gasteiger partial charge in [0.15, 0.2) is 0 Å². The van der Waals surface area contributed by atoms with E-state index >= 15 is 0 Å². The first kappa shape index (κ1) is 14.2. The molecule has 0 aliphatic rings. The van der Waals surface area contributed by atoms with Gasteiger partial charge in [-0.3, -0.25) is 14.9 Å². The highest BCUT2D eigenvalue weighted by Crippen LogP contribution is 2.29. The summed E-state index contributed by atoms with van der Waals surface area (Å²) in [7, 11) is 0. The monoisotopic (exact) mass is 316 g/mol. The lowest BCUT2D eigenvalue weighted by molar-refractivity contribution is -0.384. The summed E-state index contributed by atoms with van der Waals surface area (Å²) in [6, 6.07) is 11.8. The summed E-state index contributed by atoms with van der Waals surface area (Å²) in [5.41, 5.74) is 0.0577. The van der Waals surface area contributed by atoms with Crippen molar-refractivity contribution in [2.45, 2.75) is 0 Å². The number of benzene rings is 2. The van der Waals surface area contributed by atoms with Gasteiger partial charge in [-0.25, -0.2) is 4.39 Å². The lowest BCUT2D eigenvalue weighted by Crippen LogP contribution is -2.11. The summed E-state index contributed by atoms with van der Waals surface area (Å²) in [5.74, 6) is -0.971. The Kier molecular flexibility index (Phi) is 3.56. The molecule has 2 aromatic carbocycles. The highest BCUT2D eigenvalue weighted by atomic mass is 32.1. The van der Waals surface area contributed by atoms with E-state index < -0.39 is 16.6 Å². The number of hydrogen-bond acceptors (Lipinski definition) is 4. The van der Waals surface area contributed by atoms with Gasteiger partial charge in [-0.1, -0.05) is 12.1 Å². The van der Waals surface area contributed by atoms with Crippen molar-refractivity contribution in [2.75, 3.05) is 5.32 Å². The summed E-state index contributed by atoms with van der Waals surface area (Å²) >= 11 is 1.19. The van der Waals surface area contributed by atoms with Crippen LogP contribution in [-0.4, -0.2) is 10.8 Å². The minimum atomic E-state index is -0.521. The first-order valence-electron chi connectivity index (χ1n) is 6.28. The molecule has 0 fully saturated rings. The summed E-state index contributed by atoms with van der Waals surface area (Å²) in [6.45, 7) is 0. The first-order valence-corrected chi connectivity index (χ1v) is 7.10. The maximum absolute atomic E-state index is 13.5. The van der Waals surface area contributed by atoms with E-state index in [9.17, 15) is 19.3 Å². The topological polar surface area (TPSA) is 72.2 Å². The van der Waals surface area contributed by atoms with Gasteiger partial charge in [0.25, 0.3) is 11.6 Å². The van der Waals surface area contributed by atoms with Gasteiger partial charge in [0.05, 0.1) is 15.5 Å². The normalized spacial score (nSPS) is 10.6. The average molecular weight is 316 g/mol. The molecule has 0 atom stereocenters. The van der Waals surface area contributed by atoms with E-state index in [1.807, 2.05) is 0 Å². The Balaban J connectivity index is 1.91. The zero-order valence-electron chi connectivity index (χ0n) is 11.1. The lowest BCUT2D eigenvalue weighted by atomic mass is 10.2. The largest absolute Gasteiger partial charge is 0.319 e. The number of carbonyl (C=O) groups excluding carboxylic acids is 1. The van der Waals surface area contributed by atoms with Crippen LogP contribution in [0.1, 0.15) is 9.67 Å². The van der Waals surface area contributed by atoms with E-state index in [0.717, 1.165) is 4.70 Å². The number of fused-ring (bicyclic) bond motifs is 1. The number of amides is 1. The van der Waals surface area contributed by atoms with Gasteiger partial charge in [0.1, 0.15) is 5.82 Å². The number of nitro groups is 1. The van der Waals surface area contributed by atoms with E-state index in [1.165, 1.54) is 41.7 Å². The molecule has 110 valence electrons. The molecule has 3 aromatic rings. The minimum Gasteiger partial charge on any atom is -0.319 e. The Morgan fingerprint density at radius 2 is 1.95 bits per heavy atom. The second-order valence-electron chi connectivity index (χ2n) is 4.52. The fourth-order valence-electron chi connectivity index (χ4n) is 2.00. The molecular formula is C15H9FN2O3S. The van der Waals surface area contributed by atoms with Crippen molar-refractivity contribution in [1.82, 2.24) is 0 Å². The molecule has 7 heteroatoms. The van der Waals surface area contributed by atoms with Crippen LogP contribution in [0.4, 0.5) is 15.8 Å². The van der Waals surface area contributed by atoms with Crippen LogP contribution in [-0.2, 0) is 0 Å². The van der Waals surface area contributed by atoms with Crippen LogP contribution in [0.15, 0.2) is 48.5 Å². The molecule has 3 rings (SSSR count). The summed E-state index contributed by atoms with van der Waals surface area (Å²) in [4.78, 5) is 22.8. The molecule has 0 saturated heterocycles. The van der Waals surface area contributed by atoms with Gasteiger partial charge in [-0.2, -0.15) is 0 Å². The SMILES string of the molecule is O=C(Nc1ccccc1F)c1cc2cc([N+](=O)[O-])ccc2s1. The van der Waals surface area contributed by atoms with Crippen LogP contribution < -0.4 is 5.32 Å². The summed E-state index contributed by atoms with van der Waals surface area (Å²) in [6.07, 6.45) is 0. The fourth-order valence-corrected chi connectivity index (χ4v) is 2.94. The van der Waals surface area contributed by atoms with Crippen molar-refractivity contribution in [1.29, 1.82) is 0 Å². The predicted octanol–water partition coefficient (Wildman–Crippen LogP) is 4.20. The second kappa shape index (κ2) is 5.53. The third-order valence-corrected chi connectivity index (χ3v) is 4.17. The van der Waals surface area contributed by atoms with Crippen molar-refractivity contribution in [3.8, 4) is 0 Å². The number of rotatable bonds is 3. The van der Waals surface area contributed by atoms with Gasteiger partial charge in [-0.05, 0) is 24.3 Å². The van der Waals surface area contributed by atoms with E-state index in [0.29, 0.717) is 10.3 Å². The number of nitrogens with one attached hydrogen (secondary N) is 1. The molecule has 0 aliphatic heterocycles. The number of hydrogen-bond donors (Lipinski definition) is 1. The van der Waals surface area contributed by atoms with E-state index in [1.54, 1.807) is 18.2 Å². The Labute approximate surface area is 128 Å². The highest BCUT2D eigenvalue weighted by molar-refractivity contribution is 7.20. The summed E-state index contributed by atoms with van der Waals surface area (Å²) < 4.78 is 14.3. The molecule has 0 spiro atoms. The number of nitro benzene ring substituents is 1. The minimum absolute atomic E-state index is 0.0358. The fraction of sp³-hybridized carbons (Fsp3) is 0. The number of halogens is 1. The number of anilines is 1. The van der Waals surface area contributed by atoms with Crippen LogP contribution in [0.25, 0.3) is 10.1 Å². The van der Waals surface area contributed by atoms with Gasteiger partial charge in [0, 0.05) is 22.2 Å². The van der Waals surface area contributed by atoms with Crippen LogP contribution in [0.3, 0.4) is 0 Å². The quantitative estimate of drug-likeness (QED) is 0.581. The third kappa shape index (κ3) is 2.66. The van der Waals surface area contributed by atoms with Crippen LogP contribution in [0.5, 0.6) is 0 Å². The zero-order valence-corrected chi connectivity index (χ0v) is 11.9.